The third kappa shape index (κ3) is 4.84. The first kappa shape index (κ1) is 19.6. The van der Waals surface area contributed by atoms with E-state index in [-0.39, 0.29) is 5.91 Å². The van der Waals surface area contributed by atoms with E-state index in [1.54, 1.807) is 10.9 Å². The van der Waals surface area contributed by atoms with Crippen LogP contribution in [0.15, 0.2) is 48.0 Å². The Hall–Kier alpha value is -2.68. The molecule has 4 rings (SSSR count). The molecule has 0 radical (unpaired) electrons. The van der Waals surface area contributed by atoms with Gasteiger partial charge in [-0.15, -0.1) is 11.3 Å². The number of thiophene rings is 1. The van der Waals surface area contributed by atoms with Gasteiger partial charge in [0.05, 0.1) is 23.8 Å². The number of hydrogen-bond donors (Lipinski definition) is 1. The molecule has 29 heavy (non-hydrogen) atoms. The number of morpholine rings is 1. The lowest BCUT2D eigenvalue weighted by Gasteiger charge is -2.26. The van der Waals surface area contributed by atoms with Crippen molar-refractivity contribution in [3.05, 3.63) is 52.9 Å². The number of aromatic nitrogens is 2. The highest BCUT2D eigenvalue weighted by molar-refractivity contribution is 7.12. The van der Waals surface area contributed by atoms with Crippen molar-refractivity contribution in [3.8, 4) is 17.0 Å². The Kier molecular flexibility index (Phi) is 6.24. The number of carbonyl (C=O) groups excluding carboxylic acids is 1. The molecule has 1 N–H and O–H groups in total. The summed E-state index contributed by atoms with van der Waals surface area (Å²) in [5.74, 6) is 0.660. The number of amides is 1. The van der Waals surface area contributed by atoms with E-state index >= 15 is 0 Å². The third-order valence-corrected chi connectivity index (χ3v) is 5.72. The zero-order valence-electron chi connectivity index (χ0n) is 16.3. The molecule has 8 heteroatoms. The largest absolute Gasteiger partial charge is 0.492 e. The monoisotopic (exact) mass is 412 g/mol. The van der Waals surface area contributed by atoms with Gasteiger partial charge in [-0.25, -0.2) is 0 Å². The molecule has 1 aliphatic rings. The van der Waals surface area contributed by atoms with Gasteiger partial charge in [-0.1, -0.05) is 6.07 Å². The lowest BCUT2D eigenvalue weighted by Crippen LogP contribution is -2.38. The van der Waals surface area contributed by atoms with Gasteiger partial charge in [-0.05, 0) is 35.7 Å². The minimum atomic E-state index is -0.114. The van der Waals surface area contributed by atoms with Crippen molar-refractivity contribution in [1.29, 1.82) is 0 Å². The summed E-state index contributed by atoms with van der Waals surface area (Å²) in [4.78, 5) is 15.4. The fourth-order valence-electron chi connectivity index (χ4n) is 3.28. The van der Waals surface area contributed by atoms with Crippen molar-refractivity contribution >= 4 is 22.9 Å². The second-order valence-corrected chi connectivity index (χ2v) is 7.73. The summed E-state index contributed by atoms with van der Waals surface area (Å²) in [6, 6.07) is 11.3. The number of nitrogens with one attached hydrogen (secondary N) is 1. The van der Waals surface area contributed by atoms with E-state index in [1.807, 2.05) is 48.8 Å². The second kappa shape index (κ2) is 9.21. The third-order valence-electron chi connectivity index (χ3n) is 4.85. The van der Waals surface area contributed by atoms with Gasteiger partial charge in [-0.2, -0.15) is 5.10 Å². The molecular formula is C21H24N4O3S. The number of carbonyl (C=O) groups is 1. The summed E-state index contributed by atoms with van der Waals surface area (Å²) in [7, 11) is 1.89. The SMILES string of the molecule is Cn1nccc1-c1cc(NC(=O)c2cccs2)ccc1OCCN1CCOCC1. The van der Waals surface area contributed by atoms with Crippen LogP contribution in [0.2, 0.25) is 0 Å². The summed E-state index contributed by atoms with van der Waals surface area (Å²) in [6.07, 6.45) is 1.75. The van der Waals surface area contributed by atoms with Gasteiger partial charge in [0.25, 0.3) is 5.91 Å². The fourth-order valence-corrected chi connectivity index (χ4v) is 3.90. The maximum atomic E-state index is 12.4. The summed E-state index contributed by atoms with van der Waals surface area (Å²) >= 11 is 1.42. The molecule has 1 aliphatic heterocycles. The first-order valence-corrected chi connectivity index (χ1v) is 10.5. The highest BCUT2D eigenvalue weighted by Gasteiger charge is 2.15. The highest BCUT2D eigenvalue weighted by atomic mass is 32.1. The van der Waals surface area contributed by atoms with Gasteiger partial charge in [0.15, 0.2) is 0 Å². The average molecular weight is 413 g/mol. The van der Waals surface area contributed by atoms with Crippen LogP contribution in [0.1, 0.15) is 9.67 Å². The molecule has 3 heterocycles. The highest BCUT2D eigenvalue weighted by Crippen LogP contribution is 2.32. The van der Waals surface area contributed by atoms with Crippen LogP contribution in [0.3, 0.4) is 0 Å². The number of benzene rings is 1. The zero-order chi connectivity index (χ0) is 20.1. The zero-order valence-corrected chi connectivity index (χ0v) is 17.2. The molecule has 0 spiro atoms. The van der Waals surface area contributed by atoms with Gasteiger partial charge in [-0.3, -0.25) is 14.4 Å². The summed E-state index contributed by atoms with van der Waals surface area (Å²) in [5, 5.41) is 9.13. The van der Waals surface area contributed by atoms with Crippen LogP contribution < -0.4 is 10.1 Å². The summed E-state index contributed by atoms with van der Waals surface area (Å²) < 4.78 is 13.3. The fraction of sp³-hybridized carbons (Fsp3) is 0.333. The number of aryl methyl sites for hydroxylation is 1. The molecule has 7 nitrogen and oxygen atoms in total. The Morgan fingerprint density at radius 2 is 2.14 bits per heavy atom. The summed E-state index contributed by atoms with van der Waals surface area (Å²) in [6.45, 7) is 4.87. The summed E-state index contributed by atoms with van der Waals surface area (Å²) in [5.41, 5.74) is 2.55. The Balaban J connectivity index is 1.51. The van der Waals surface area contributed by atoms with Gasteiger partial charge in [0.1, 0.15) is 12.4 Å². The molecule has 0 atom stereocenters. The Bertz CT molecular complexity index is 949. The number of rotatable bonds is 7. The van der Waals surface area contributed by atoms with Crippen LogP contribution in [0.25, 0.3) is 11.3 Å². The minimum Gasteiger partial charge on any atom is -0.492 e. The van der Waals surface area contributed by atoms with Crippen LogP contribution in [0, 0.1) is 0 Å². The van der Waals surface area contributed by atoms with Crippen LogP contribution >= 0.6 is 11.3 Å². The van der Waals surface area contributed by atoms with Gasteiger partial charge in [0, 0.05) is 44.1 Å². The van der Waals surface area contributed by atoms with Crippen LogP contribution in [0.5, 0.6) is 5.75 Å². The van der Waals surface area contributed by atoms with Gasteiger partial charge >= 0.3 is 0 Å². The van der Waals surface area contributed by atoms with Crippen molar-refractivity contribution in [2.45, 2.75) is 0 Å². The quantitative estimate of drug-likeness (QED) is 0.646. The number of hydrogen-bond acceptors (Lipinski definition) is 6. The molecule has 2 aromatic heterocycles. The molecule has 1 saturated heterocycles. The first-order valence-electron chi connectivity index (χ1n) is 9.61. The molecule has 1 amide bonds. The van der Waals surface area contributed by atoms with Crippen LogP contribution in [-0.4, -0.2) is 60.0 Å². The maximum absolute atomic E-state index is 12.4. The molecule has 0 saturated carbocycles. The number of nitrogens with zero attached hydrogens (tertiary/aromatic N) is 3. The molecule has 0 aliphatic carbocycles. The standard InChI is InChI=1S/C21H24N4O3S/c1-24-18(6-7-22-24)17-15-16(23-21(26)20-3-2-14-29-20)4-5-19(17)28-13-10-25-8-11-27-12-9-25/h2-7,14-15H,8-13H2,1H3,(H,23,26). The van der Waals surface area contributed by atoms with Crippen molar-refractivity contribution in [3.63, 3.8) is 0 Å². The van der Waals surface area contributed by atoms with E-state index < -0.39 is 0 Å². The molecule has 1 aromatic carbocycles. The Morgan fingerprint density at radius 1 is 1.28 bits per heavy atom. The molecule has 1 fully saturated rings. The van der Waals surface area contributed by atoms with E-state index in [0.29, 0.717) is 11.5 Å². The topological polar surface area (TPSA) is 68.6 Å². The average Bonchev–Trinajstić information content (AvgIpc) is 3.42. The molecule has 0 bridgehead atoms. The molecule has 3 aromatic rings. The van der Waals surface area contributed by atoms with Crippen molar-refractivity contribution in [2.24, 2.45) is 7.05 Å². The Labute approximate surface area is 173 Å². The number of ether oxygens (including phenoxy) is 2. The minimum absolute atomic E-state index is 0.114. The lowest BCUT2D eigenvalue weighted by atomic mass is 10.1. The molecule has 0 unspecified atom stereocenters. The second-order valence-electron chi connectivity index (χ2n) is 6.78. The van der Waals surface area contributed by atoms with E-state index in [9.17, 15) is 4.79 Å². The molecule has 152 valence electrons. The first-order chi connectivity index (χ1) is 14.2. The van der Waals surface area contributed by atoms with E-state index in [1.165, 1.54) is 11.3 Å². The maximum Gasteiger partial charge on any atom is 0.265 e. The van der Waals surface area contributed by atoms with Gasteiger partial charge in [0.2, 0.25) is 0 Å². The van der Waals surface area contributed by atoms with E-state index in [2.05, 4.69) is 15.3 Å². The van der Waals surface area contributed by atoms with E-state index in [0.717, 1.165) is 55.5 Å². The van der Waals surface area contributed by atoms with Crippen molar-refractivity contribution in [2.75, 3.05) is 44.8 Å². The molecular weight excluding hydrogens is 388 g/mol. The predicted octanol–water partition coefficient (Wildman–Crippen LogP) is 3.11. The smallest absolute Gasteiger partial charge is 0.265 e. The Morgan fingerprint density at radius 3 is 2.86 bits per heavy atom. The van der Waals surface area contributed by atoms with Crippen molar-refractivity contribution < 1.29 is 14.3 Å². The lowest BCUT2D eigenvalue weighted by molar-refractivity contribution is 0.0323. The van der Waals surface area contributed by atoms with Crippen LogP contribution in [0.4, 0.5) is 5.69 Å². The normalized spacial score (nSPS) is 14.7. The number of anilines is 1. The van der Waals surface area contributed by atoms with Crippen molar-refractivity contribution in [1.82, 2.24) is 14.7 Å². The predicted molar refractivity (Wildman–Crippen MR) is 114 cm³/mol. The van der Waals surface area contributed by atoms with E-state index in [4.69, 9.17) is 9.47 Å². The van der Waals surface area contributed by atoms with Crippen LogP contribution in [-0.2, 0) is 11.8 Å². The van der Waals surface area contributed by atoms with Gasteiger partial charge < -0.3 is 14.8 Å².